The zero-order chi connectivity index (χ0) is 19.2. The van der Waals surface area contributed by atoms with Crippen LogP contribution in [0.3, 0.4) is 0 Å². The predicted octanol–water partition coefficient (Wildman–Crippen LogP) is 3.89. The largest absolute Gasteiger partial charge is 0.489 e. The van der Waals surface area contributed by atoms with Crippen molar-refractivity contribution in [2.75, 3.05) is 6.54 Å². The molecule has 0 aliphatic carbocycles. The van der Waals surface area contributed by atoms with Gasteiger partial charge in [-0.05, 0) is 42.0 Å². The fraction of sp³-hybridized carbons (Fsp3) is 0.130. The van der Waals surface area contributed by atoms with Crippen molar-refractivity contribution >= 4 is 11.6 Å². The molecule has 0 unspecified atom stereocenters. The van der Waals surface area contributed by atoms with Gasteiger partial charge in [-0.25, -0.2) is 4.98 Å². The molecule has 140 valence electrons. The summed E-state index contributed by atoms with van der Waals surface area (Å²) in [6.07, 6.45) is 4.64. The van der Waals surface area contributed by atoms with Crippen molar-refractivity contribution in [3.63, 3.8) is 0 Å². The van der Waals surface area contributed by atoms with Gasteiger partial charge in [0.15, 0.2) is 0 Å². The molecule has 1 amide bonds. The highest BCUT2D eigenvalue weighted by molar-refractivity contribution is 5.94. The summed E-state index contributed by atoms with van der Waals surface area (Å²) in [7, 11) is 0. The van der Waals surface area contributed by atoms with Crippen LogP contribution in [0.25, 0.3) is 5.65 Å². The maximum absolute atomic E-state index is 12.3. The second-order valence-corrected chi connectivity index (χ2v) is 6.50. The van der Waals surface area contributed by atoms with Gasteiger partial charge in [0, 0.05) is 30.9 Å². The second kappa shape index (κ2) is 8.39. The number of carbonyl (C=O) groups is 1. The van der Waals surface area contributed by atoms with Crippen LogP contribution in [0, 0.1) is 0 Å². The van der Waals surface area contributed by atoms with Crippen LogP contribution >= 0.6 is 0 Å². The summed E-state index contributed by atoms with van der Waals surface area (Å²) in [6.45, 7) is 1.04. The van der Waals surface area contributed by atoms with E-state index >= 15 is 0 Å². The minimum Gasteiger partial charge on any atom is -0.489 e. The van der Waals surface area contributed by atoms with E-state index in [1.807, 2.05) is 77.5 Å². The van der Waals surface area contributed by atoms with Crippen LogP contribution < -0.4 is 10.1 Å². The Kier molecular flexibility index (Phi) is 5.33. The number of ether oxygens (including phenoxy) is 1. The molecule has 0 fully saturated rings. The maximum Gasteiger partial charge on any atom is 0.251 e. The molecule has 0 atom stereocenters. The van der Waals surface area contributed by atoms with Crippen LogP contribution in [0.4, 0.5) is 0 Å². The molecule has 0 saturated carbocycles. The molecule has 2 aromatic heterocycles. The molecule has 4 aromatic rings. The molecule has 2 aromatic carbocycles. The summed E-state index contributed by atoms with van der Waals surface area (Å²) in [5, 5.41) is 2.94. The molecule has 0 radical (unpaired) electrons. The Hall–Kier alpha value is -3.60. The van der Waals surface area contributed by atoms with Crippen LogP contribution in [0.2, 0.25) is 0 Å². The lowest BCUT2D eigenvalue weighted by atomic mass is 10.2. The van der Waals surface area contributed by atoms with Gasteiger partial charge in [0.05, 0.1) is 5.69 Å². The van der Waals surface area contributed by atoms with Crippen molar-refractivity contribution in [1.82, 2.24) is 14.7 Å². The van der Waals surface area contributed by atoms with Gasteiger partial charge in [-0.15, -0.1) is 0 Å². The molecular weight excluding hydrogens is 350 g/mol. The van der Waals surface area contributed by atoms with E-state index in [-0.39, 0.29) is 5.91 Å². The van der Waals surface area contributed by atoms with Crippen LogP contribution in [0.5, 0.6) is 5.75 Å². The third kappa shape index (κ3) is 4.38. The van der Waals surface area contributed by atoms with Gasteiger partial charge in [0.2, 0.25) is 0 Å². The zero-order valence-electron chi connectivity index (χ0n) is 15.4. The first-order chi connectivity index (χ1) is 13.8. The molecule has 4 rings (SSSR count). The number of hydrogen-bond acceptors (Lipinski definition) is 3. The van der Waals surface area contributed by atoms with E-state index < -0.39 is 0 Å². The summed E-state index contributed by atoms with van der Waals surface area (Å²) < 4.78 is 7.73. The molecule has 0 aliphatic rings. The SMILES string of the molecule is O=C(NCCc1cn2ccccc2n1)c1ccc(OCc2ccccc2)cc1. The van der Waals surface area contributed by atoms with Crippen molar-refractivity contribution in [2.45, 2.75) is 13.0 Å². The Bertz CT molecular complexity index is 1020. The number of amides is 1. The highest BCUT2D eigenvalue weighted by Crippen LogP contribution is 2.14. The van der Waals surface area contributed by atoms with Crippen LogP contribution in [-0.4, -0.2) is 21.8 Å². The average molecular weight is 371 g/mol. The summed E-state index contributed by atoms with van der Waals surface area (Å²) in [6, 6.07) is 23.1. The molecule has 5 nitrogen and oxygen atoms in total. The molecule has 2 heterocycles. The molecule has 28 heavy (non-hydrogen) atoms. The minimum atomic E-state index is -0.0987. The van der Waals surface area contributed by atoms with Crippen LogP contribution in [0.15, 0.2) is 85.2 Å². The Labute approximate surface area is 163 Å². The fourth-order valence-corrected chi connectivity index (χ4v) is 2.96. The Morgan fingerprint density at radius 3 is 2.54 bits per heavy atom. The standard InChI is InChI=1S/C23H21N3O2/c27-23(24-14-13-20-16-26-15-5-4-8-22(26)25-20)19-9-11-21(12-10-19)28-17-18-6-2-1-3-7-18/h1-12,15-16H,13-14,17H2,(H,24,27). The normalized spacial score (nSPS) is 10.7. The van der Waals surface area contributed by atoms with Gasteiger partial charge in [-0.1, -0.05) is 36.4 Å². The minimum absolute atomic E-state index is 0.0987. The van der Waals surface area contributed by atoms with E-state index in [1.54, 1.807) is 12.1 Å². The van der Waals surface area contributed by atoms with Gasteiger partial charge >= 0.3 is 0 Å². The van der Waals surface area contributed by atoms with E-state index in [2.05, 4.69) is 10.3 Å². The van der Waals surface area contributed by atoms with E-state index in [9.17, 15) is 4.79 Å². The summed E-state index contributed by atoms with van der Waals surface area (Å²) in [5.41, 5.74) is 3.59. The van der Waals surface area contributed by atoms with Crippen LogP contribution in [-0.2, 0) is 13.0 Å². The van der Waals surface area contributed by atoms with Crippen molar-refractivity contribution in [1.29, 1.82) is 0 Å². The monoisotopic (exact) mass is 371 g/mol. The lowest BCUT2D eigenvalue weighted by molar-refractivity contribution is 0.0954. The first-order valence-electron chi connectivity index (χ1n) is 9.25. The quantitative estimate of drug-likeness (QED) is 0.536. The number of nitrogens with zero attached hydrogens (tertiary/aromatic N) is 2. The molecule has 0 saturated heterocycles. The number of rotatable bonds is 7. The maximum atomic E-state index is 12.3. The topological polar surface area (TPSA) is 55.6 Å². The molecule has 1 N–H and O–H groups in total. The number of hydrogen-bond donors (Lipinski definition) is 1. The van der Waals surface area contributed by atoms with E-state index in [0.717, 1.165) is 22.7 Å². The third-order valence-electron chi connectivity index (χ3n) is 4.45. The smallest absolute Gasteiger partial charge is 0.251 e. The lowest BCUT2D eigenvalue weighted by Crippen LogP contribution is -2.25. The second-order valence-electron chi connectivity index (χ2n) is 6.50. The van der Waals surface area contributed by atoms with Gasteiger partial charge in [-0.2, -0.15) is 0 Å². The Morgan fingerprint density at radius 2 is 1.75 bits per heavy atom. The summed E-state index contributed by atoms with van der Waals surface area (Å²) in [5.74, 6) is 0.642. The van der Waals surface area contributed by atoms with Crippen molar-refractivity contribution in [3.8, 4) is 5.75 Å². The molecule has 0 aliphatic heterocycles. The number of benzene rings is 2. The van der Waals surface area contributed by atoms with Gasteiger partial charge in [-0.3, -0.25) is 4.79 Å². The zero-order valence-corrected chi connectivity index (χ0v) is 15.4. The lowest BCUT2D eigenvalue weighted by Gasteiger charge is -2.08. The fourth-order valence-electron chi connectivity index (χ4n) is 2.96. The number of imidazole rings is 1. The highest BCUT2D eigenvalue weighted by atomic mass is 16.5. The Balaban J connectivity index is 1.27. The number of aromatic nitrogens is 2. The number of fused-ring (bicyclic) bond motifs is 1. The number of carbonyl (C=O) groups excluding carboxylic acids is 1. The van der Waals surface area contributed by atoms with Crippen molar-refractivity contribution < 1.29 is 9.53 Å². The van der Waals surface area contributed by atoms with E-state index in [4.69, 9.17) is 4.74 Å². The summed E-state index contributed by atoms with van der Waals surface area (Å²) in [4.78, 5) is 16.9. The Morgan fingerprint density at radius 1 is 0.964 bits per heavy atom. The van der Waals surface area contributed by atoms with Crippen molar-refractivity contribution in [2.24, 2.45) is 0 Å². The number of nitrogens with one attached hydrogen (secondary N) is 1. The number of pyridine rings is 1. The predicted molar refractivity (Wildman–Crippen MR) is 108 cm³/mol. The van der Waals surface area contributed by atoms with E-state index in [1.165, 1.54) is 0 Å². The first-order valence-corrected chi connectivity index (χ1v) is 9.25. The van der Waals surface area contributed by atoms with Gasteiger partial charge in [0.25, 0.3) is 5.91 Å². The molecule has 0 bridgehead atoms. The van der Waals surface area contributed by atoms with Crippen molar-refractivity contribution in [3.05, 3.63) is 102 Å². The average Bonchev–Trinajstić information content (AvgIpc) is 3.16. The molecular formula is C23H21N3O2. The molecule has 5 heteroatoms. The first kappa shape index (κ1) is 17.8. The summed E-state index contributed by atoms with van der Waals surface area (Å²) >= 11 is 0. The molecule has 0 spiro atoms. The highest BCUT2D eigenvalue weighted by Gasteiger charge is 2.07. The van der Waals surface area contributed by atoms with Crippen LogP contribution in [0.1, 0.15) is 21.6 Å². The van der Waals surface area contributed by atoms with Gasteiger partial charge in [0.1, 0.15) is 18.0 Å². The van der Waals surface area contributed by atoms with E-state index in [0.29, 0.717) is 25.1 Å². The van der Waals surface area contributed by atoms with Gasteiger partial charge < -0.3 is 14.5 Å². The third-order valence-corrected chi connectivity index (χ3v) is 4.45.